The highest BCUT2D eigenvalue weighted by Crippen LogP contribution is 2.43. The summed E-state index contributed by atoms with van der Waals surface area (Å²) in [7, 11) is 0. The summed E-state index contributed by atoms with van der Waals surface area (Å²) in [6.07, 6.45) is 0.731. The highest BCUT2D eigenvalue weighted by atomic mass is 16.3. The minimum absolute atomic E-state index is 0.297. The van der Waals surface area contributed by atoms with E-state index in [1.54, 1.807) is 12.1 Å². The fourth-order valence-corrected chi connectivity index (χ4v) is 3.26. The standard InChI is InChI=1S/C20H19NO2/c1-11-7-16-10-17(15-5-6-19(22)12(2)9-15)13(3)14(4)20(16)18(8-11)21-23/h5-9,22H,4,10H2,1-3H3. The average molecular weight is 305 g/mol. The van der Waals surface area contributed by atoms with Gasteiger partial charge in [-0.1, -0.05) is 18.7 Å². The molecule has 0 bridgehead atoms. The van der Waals surface area contributed by atoms with Gasteiger partial charge in [0.15, 0.2) is 0 Å². The molecular weight excluding hydrogens is 286 g/mol. The number of phenols is 1. The second-order valence-corrected chi connectivity index (χ2v) is 6.17. The van der Waals surface area contributed by atoms with Crippen molar-refractivity contribution in [2.45, 2.75) is 27.2 Å². The zero-order valence-corrected chi connectivity index (χ0v) is 13.6. The maximum Gasteiger partial charge on any atom is 0.118 e. The van der Waals surface area contributed by atoms with Crippen molar-refractivity contribution < 1.29 is 5.11 Å². The SMILES string of the molecule is C=C1C(C)=C(c2ccc(O)c(C)c2)Cc2cc(C)cc(N=O)c21. The number of hydrogen-bond acceptors (Lipinski definition) is 3. The van der Waals surface area contributed by atoms with E-state index in [1.165, 1.54) is 5.57 Å². The number of fused-ring (bicyclic) bond motifs is 1. The zero-order valence-electron chi connectivity index (χ0n) is 13.6. The molecule has 0 fully saturated rings. The molecule has 3 rings (SSSR count). The molecule has 0 aromatic heterocycles. The van der Waals surface area contributed by atoms with E-state index in [9.17, 15) is 10.0 Å². The lowest BCUT2D eigenvalue weighted by Crippen LogP contribution is -2.07. The Morgan fingerprint density at radius 3 is 2.52 bits per heavy atom. The normalized spacial score (nSPS) is 14.0. The summed E-state index contributed by atoms with van der Waals surface area (Å²) >= 11 is 0. The van der Waals surface area contributed by atoms with Crippen molar-refractivity contribution in [2.75, 3.05) is 0 Å². The van der Waals surface area contributed by atoms with Crippen molar-refractivity contribution in [2.24, 2.45) is 5.18 Å². The summed E-state index contributed by atoms with van der Waals surface area (Å²) in [4.78, 5) is 11.2. The quantitative estimate of drug-likeness (QED) is 0.750. The van der Waals surface area contributed by atoms with Crippen LogP contribution < -0.4 is 0 Å². The van der Waals surface area contributed by atoms with Crippen LogP contribution in [-0.2, 0) is 6.42 Å². The lowest BCUT2D eigenvalue weighted by atomic mass is 9.79. The molecule has 2 aromatic rings. The van der Waals surface area contributed by atoms with Gasteiger partial charge in [-0.25, -0.2) is 0 Å². The first-order valence-corrected chi connectivity index (χ1v) is 7.58. The van der Waals surface area contributed by atoms with Crippen molar-refractivity contribution >= 4 is 16.8 Å². The van der Waals surface area contributed by atoms with Gasteiger partial charge in [0, 0.05) is 5.56 Å². The van der Waals surface area contributed by atoms with Crippen molar-refractivity contribution in [3.8, 4) is 5.75 Å². The highest BCUT2D eigenvalue weighted by molar-refractivity contribution is 5.96. The Morgan fingerprint density at radius 2 is 1.87 bits per heavy atom. The molecule has 116 valence electrons. The number of phenolic OH excluding ortho intramolecular Hbond substituents is 1. The first-order valence-electron chi connectivity index (χ1n) is 7.58. The smallest absolute Gasteiger partial charge is 0.118 e. The summed E-state index contributed by atoms with van der Waals surface area (Å²) in [6.45, 7) is 10.1. The molecule has 2 aromatic carbocycles. The van der Waals surface area contributed by atoms with Gasteiger partial charge in [0.2, 0.25) is 0 Å². The van der Waals surface area contributed by atoms with E-state index in [1.807, 2.05) is 32.9 Å². The first kappa shape index (κ1) is 15.2. The molecule has 0 heterocycles. The Morgan fingerprint density at radius 1 is 1.13 bits per heavy atom. The molecule has 1 N–H and O–H groups in total. The number of nitrogens with zero attached hydrogens (tertiary/aromatic N) is 1. The molecule has 0 aliphatic heterocycles. The zero-order chi connectivity index (χ0) is 16.7. The molecule has 0 atom stereocenters. The van der Waals surface area contributed by atoms with Crippen LogP contribution in [0.1, 0.15) is 34.7 Å². The van der Waals surface area contributed by atoms with Gasteiger partial charge in [0.25, 0.3) is 0 Å². The Hall–Kier alpha value is -2.68. The monoisotopic (exact) mass is 305 g/mol. The second-order valence-electron chi connectivity index (χ2n) is 6.17. The van der Waals surface area contributed by atoms with Crippen LogP contribution in [0.3, 0.4) is 0 Å². The third-order valence-corrected chi connectivity index (χ3v) is 4.56. The minimum atomic E-state index is 0.297. The van der Waals surface area contributed by atoms with Gasteiger partial charge in [-0.15, -0.1) is 4.91 Å². The number of nitroso groups, excluding NO2 is 1. The van der Waals surface area contributed by atoms with Crippen LogP contribution in [0.25, 0.3) is 11.1 Å². The van der Waals surface area contributed by atoms with Gasteiger partial charge < -0.3 is 5.11 Å². The molecule has 1 aliphatic rings. The third-order valence-electron chi connectivity index (χ3n) is 4.56. The molecule has 3 heteroatoms. The van der Waals surface area contributed by atoms with Crippen molar-refractivity contribution in [3.05, 3.63) is 75.2 Å². The van der Waals surface area contributed by atoms with Crippen molar-refractivity contribution in [1.29, 1.82) is 0 Å². The molecule has 23 heavy (non-hydrogen) atoms. The molecule has 0 unspecified atom stereocenters. The Kier molecular flexibility index (Phi) is 3.64. The topological polar surface area (TPSA) is 49.7 Å². The van der Waals surface area contributed by atoms with Crippen LogP contribution in [0.2, 0.25) is 0 Å². The number of aromatic hydroxyl groups is 1. The molecule has 0 saturated heterocycles. The van der Waals surface area contributed by atoms with E-state index >= 15 is 0 Å². The van der Waals surface area contributed by atoms with Gasteiger partial charge in [-0.3, -0.25) is 0 Å². The van der Waals surface area contributed by atoms with Crippen molar-refractivity contribution in [3.63, 3.8) is 0 Å². The number of rotatable bonds is 2. The molecule has 0 spiro atoms. The van der Waals surface area contributed by atoms with Gasteiger partial charge in [-0.05, 0) is 89.5 Å². The number of hydrogen-bond donors (Lipinski definition) is 1. The predicted molar refractivity (Wildman–Crippen MR) is 94.8 cm³/mol. The molecule has 1 aliphatic carbocycles. The first-order chi connectivity index (χ1) is 10.9. The lowest BCUT2D eigenvalue weighted by molar-refractivity contribution is 0.471. The molecule has 0 amide bonds. The summed E-state index contributed by atoms with van der Waals surface area (Å²) in [5, 5.41) is 12.9. The molecule has 3 nitrogen and oxygen atoms in total. The maximum atomic E-state index is 11.2. The van der Waals surface area contributed by atoms with Crippen molar-refractivity contribution in [1.82, 2.24) is 0 Å². The third kappa shape index (κ3) is 2.48. The van der Waals surface area contributed by atoms with Crippen LogP contribution in [0.5, 0.6) is 5.75 Å². The Balaban J connectivity index is 2.18. The largest absolute Gasteiger partial charge is 0.508 e. The van der Waals surface area contributed by atoms with Gasteiger partial charge in [-0.2, -0.15) is 0 Å². The van der Waals surface area contributed by atoms with Gasteiger partial charge >= 0.3 is 0 Å². The van der Waals surface area contributed by atoms with Crippen LogP contribution in [0.4, 0.5) is 5.69 Å². The Bertz CT molecular complexity index is 875. The second kappa shape index (κ2) is 5.51. The number of aryl methyl sites for hydroxylation is 2. The lowest BCUT2D eigenvalue weighted by Gasteiger charge is -2.25. The highest BCUT2D eigenvalue weighted by Gasteiger charge is 2.23. The molecular formula is C20H19NO2. The summed E-state index contributed by atoms with van der Waals surface area (Å²) in [5.74, 6) is 0.297. The van der Waals surface area contributed by atoms with E-state index in [4.69, 9.17) is 0 Å². The molecule has 0 saturated carbocycles. The fraction of sp³-hybridized carbons (Fsp3) is 0.200. The van der Waals surface area contributed by atoms with E-state index in [0.717, 1.165) is 45.4 Å². The number of allylic oxidation sites excluding steroid dienone is 3. The maximum absolute atomic E-state index is 11.2. The number of benzene rings is 2. The van der Waals surface area contributed by atoms with Crippen LogP contribution in [0.15, 0.2) is 47.7 Å². The summed E-state index contributed by atoms with van der Waals surface area (Å²) in [5.41, 5.74) is 8.44. The van der Waals surface area contributed by atoms with Gasteiger partial charge in [0.05, 0.1) is 0 Å². The van der Waals surface area contributed by atoms with E-state index in [0.29, 0.717) is 11.4 Å². The fourth-order valence-electron chi connectivity index (χ4n) is 3.26. The average Bonchev–Trinajstić information content (AvgIpc) is 2.52. The van der Waals surface area contributed by atoms with E-state index in [-0.39, 0.29) is 0 Å². The summed E-state index contributed by atoms with van der Waals surface area (Å²) < 4.78 is 0. The molecule has 0 radical (unpaired) electrons. The Labute approximate surface area is 136 Å². The van der Waals surface area contributed by atoms with E-state index < -0.39 is 0 Å². The van der Waals surface area contributed by atoms with Crippen LogP contribution >= 0.6 is 0 Å². The van der Waals surface area contributed by atoms with Crippen LogP contribution in [-0.4, -0.2) is 5.11 Å². The van der Waals surface area contributed by atoms with E-state index in [2.05, 4.69) is 17.8 Å². The summed E-state index contributed by atoms with van der Waals surface area (Å²) in [6, 6.07) is 9.53. The minimum Gasteiger partial charge on any atom is -0.508 e. The van der Waals surface area contributed by atoms with Gasteiger partial charge in [0.1, 0.15) is 11.4 Å². The predicted octanol–water partition coefficient (Wildman–Crippen LogP) is 5.45. The van der Waals surface area contributed by atoms with Crippen LogP contribution in [0, 0.1) is 18.8 Å².